The van der Waals surface area contributed by atoms with E-state index in [9.17, 15) is 9.18 Å². The summed E-state index contributed by atoms with van der Waals surface area (Å²) in [5.41, 5.74) is 7.80. The van der Waals surface area contributed by atoms with Gasteiger partial charge in [0.1, 0.15) is 11.5 Å². The molecule has 1 aliphatic rings. The predicted molar refractivity (Wildman–Crippen MR) is 97.3 cm³/mol. The molecule has 0 radical (unpaired) electrons. The van der Waals surface area contributed by atoms with E-state index in [1.807, 2.05) is 43.5 Å². The number of hydrogen-bond acceptors (Lipinski definition) is 5. The summed E-state index contributed by atoms with van der Waals surface area (Å²) in [5, 5.41) is 9.95. The zero-order valence-corrected chi connectivity index (χ0v) is 15.1. The van der Waals surface area contributed by atoms with Crippen molar-refractivity contribution in [2.75, 3.05) is 13.1 Å². The number of halogens is 1. The van der Waals surface area contributed by atoms with E-state index in [4.69, 9.17) is 11.1 Å². The molecule has 3 heterocycles. The first-order chi connectivity index (χ1) is 12.2. The van der Waals surface area contributed by atoms with Gasteiger partial charge in [-0.3, -0.25) is 4.79 Å². The topological polar surface area (TPSA) is 99.5 Å². The van der Waals surface area contributed by atoms with Crippen molar-refractivity contribution in [1.29, 1.82) is 5.41 Å². The zero-order chi connectivity index (χ0) is 19.1. The first-order valence-electron chi connectivity index (χ1n) is 8.40. The summed E-state index contributed by atoms with van der Waals surface area (Å²) in [6.07, 6.45) is 4.32. The van der Waals surface area contributed by atoms with E-state index < -0.39 is 11.4 Å². The van der Waals surface area contributed by atoms with Gasteiger partial charge in [0.05, 0.1) is 29.6 Å². The SMILES string of the molecule is Cc1ccc2ncc(C(C)(C)NC(=O)C3CN(/C(N)=C(\F)C=N)C3)n2c1. The number of aromatic nitrogens is 2. The third kappa shape index (κ3) is 3.14. The van der Waals surface area contributed by atoms with Crippen molar-refractivity contribution in [3.63, 3.8) is 0 Å². The predicted octanol–water partition coefficient (Wildman–Crippen LogP) is 1.67. The normalized spacial score (nSPS) is 16.2. The molecule has 2 aromatic rings. The van der Waals surface area contributed by atoms with Crippen LogP contribution in [0.5, 0.6) is 0 Å². The molecule has 26 heavy (non-hydrogen) atoms. The molecule has 0 aromatic carbocycles. The average molecular weight is 358 g/mol. The summed E-state index contributed by atoms with van der Waals surface area (Å²) in [6.45, 7) is 6.53. The van der Waals surface area contributed by atoms with Crippen molar-refractivity contribution < 1.29 is 9.18 Å². The Hall–Kier alpha value is -2.90. The number of nitrogens with one attached hydrogen (secondary N) is 2. The number of amides is 1. The number of rotatable bonds is 5. The van der Waals surface area contributed by atoms with Crippen LogP contribution in [0.25, 0.3) is 5.65 Å². The Morgan fingerprint density at radius 2 is 2.15 bits per heavy atom. The highest BCUT2D eigenvalue weighted by Crippen LogP contribution is 2.25. The summed E-state index contributed by atoms with van der Waals surface area (Å²) >= 11 is 0. The van der Waals surface area contributed by atoms with Gasteiger partial charge in [0.25, 0.3) is 0 Å². The number of pyridine rings is 1. The number of imidazole rings is 1. The number of carbonyl (C=O) groups excluding carboxylic acids is 1. The lowest BCUT2D eigenvalue weighted by molar-refractivity contribution is -0.131. The maximum Gasteiger partial charge on any atom is 0.227 e. The molecule has 8 heteroatoms. The molecule has 7 nitrogen and oxygen atoms in total. The summed E-state index contributed by atoms with van der Waals surface area (Å²) in [6, 6.07) is 3.93. The van der Waals surface area contributed by atoms with Crippen molar-refractivity contribution >= 4 is 17.8 Å². The highest BCUT2D eigenvalue weighted by molar-refractivity contribution is 5.81. The summed E-state index contributed by atoms with van der Waals surface area (Å²) in [4.78, 5) is 18.5. The molecule has 0 aliphatic carbocycles. The molecule has 1 fully saturated rings. The number of carbonyl (C=O) groups is 1. The zero-order valence-electron chi connectivity index (χ0n) is 15.1. The molecular weight excluding hydrogens is 335 g/mol. The van der Waals surface area contributed by atoms with Gasteiger partial charge in [-0.2, -0.15) is 0 Å². The molecule has 3 rings (SSSR count). The smallest absolute Gasteiger partial charge is 0.227 e. The molecule has 0 bridgehead atoms. The molecule has 1 saturated heterocycles. The van der Waals surface area contributed by atoms with Crippen LogP contribution in [0.3, 0.4) is 0 Å². The molecule has 1 aliphatic heterocycles. The van der Waals surface area contributed by atoms with E-state index in [-0.39, 0.29) is 17.6 Å². The van der Waals surface area contributed by atoms with E-state index in [1.54, 1.807) is 11.1 Å². The second kappa shape index (κ2) is 6.44. The maximum absolute atomic E-state index is 13.3. The number of allylic oxidation sites excluding steroid dienone is 1. The largest absolute Gasteiger partial charge is 0.383 e. The van der Waals surface area contributed by atoms with Gasteiger partial charge in [-0.1, -0.05) is 6.07 Å². The van der Waals surface area contributed by atoms with Crippen LogP contribution < -0.4 is 11.1 Å². The van der Waals surface area contributed by atoms with Crippen LogP contribution in [-0.2, 0) is 10.3 Å². The molecule has 4 N–H and O–H groups in total. The van der Waals surface area contributed by atoms with E-state index >= 15 is 0 Å². The molecule has 138 valence electrons. The Balaban J connectivity index is 1.71. The van der Waals surface area contributed by atoms with Crippen LogP contribution in [0.1, 0.15) is 25.1 Å². The second-order valence-corrected chi connectivity index (χ2v) is 7.17. The molecule has 0 saturated carbocycles. The highest BCUT2D eigenvalue weighted by Gasteiger charge is 2.37. The minimum atomic E-state index is -0.787. The fourth-order valence-electron chi connectivity index (χ4n) is 3.09. The van der Waals surface area contributed by atoms with Crippen LogP contribution in [0, 0.1) is 18.3 Å². The molecule has 0 atom stereocenters. The van der Waals surface area contributed by atoms with E-state index in [1.165, 1.54) is 0 Å². The lowest BCUT2D eigenvalue weighted by Gasteiger charge is -2.41. The third-order valence-corrected chi connectivity index (χ3v) is 4.69. The van der Waals surface area contributed by atoms with Crippen LogP contribution in [0.15, 0.2) is 36.2 Å². The van der Waals surface area contributed by atoms with Gasteiger partial charge >= 0.3 is 0 Å². The van der Waals surface area contributed by atoms with Gasteiger partial charge in [-0.05, 0) is 32.4 Å². The van der Waals surface area contributed by atoms with Crippen LogP contribution in [0.4, 0.5) is 4.39 Å². The van der Waals surface area contributed by atoms with Crippen molar-refractivity contribution in [3.05, 3.63) is 47.4 Å². The minimum absolute atomic E-state index is 0.0967. The van der Waals surface area contributed by atoms with Gasteiger partial charge in [0.2, 0.25) is 5.91 Å². The van der Waals surface area contributed by atoms with Crippen molar-refractivity contribution in [3.8, 4) is 0 Å². The lowest BCUT2D eigenvalue weighted by atomic mass is 9.95. The van der Waals surface area contributed by atoms with Crippen LogP contribution in [0.2, 0.25) is 0 Å². The fraction of sp³-hybridized carbons (Fsp3) is 0.389. The van der Waals surface area contributed by atoms with Gasteiger partial charge in [0, 0.05) is 19.3 Å². The van der Waals surface area contributed by atoms with Crippen molar-refractivity contribution in [1.82, 2.24) is 19.6 Å². The number of aryl methyl sites for hydroxylation is 1. The first kappa shape index (κ1) is 17.9. The number of hydrogen-bond donors (Lipinski definition) is 3. The van der Waals surface area contributed by atoms with Crippen molar-refractivity contribution in [2.45, 2.75) is 26.3 Å². The van der Waals surface area contributed by atoms with E-state index in [2.05, 4.69) is 10.3 Å². The van der Waals surface area contributed by atoms with E-state index in [0.29, 0.717) is 19.3 Å². The second-order valence-electron chi connectivity index (χ2n) is 7.17. The molecular formula is C18H23FN6O. The monoisotopic (exact) mass is 358 g/mol. The standard InChI is InChI=1S/C18H23FN6O/c1-11-4-5-15-22-7-14(25(15)8-11)18(2,3)23-17(26)12-9-24(10-12)16(21)13(19)6-20/h4-8,12,20H,9-10,21H2,1-3H3,(H,23,26)/b16-13-,20-6?. The minimum Gasteiger partial charge on any atom is -0.383 e. The van der Waals surface area contributed by atoms with Gasteiger partial charge in [0.15, 0.2) is 5.83 Å². The van der Waals surface area contributed by atoms with Crippen molar-refractivity contribution in [2.24, 2.45) is 11.7 Å². The van der Waals surface area contributed by atoms with Gasteiger partial charge in [-0.25, -0.2) is 9.37 Å². The fourth-order valence-corrected chi connectivity index (χ4v) is 3.09. The average Bonchev–Trinajstić information content (AvgIpc) is 2.95. The van der Waals surface area contributed by atoms with Crippen LogP contribution >= 0.6 is 0 Å². The summed E-state index contributed by atoms with van der Waals surface area (Å²) in [7, 11) is 0. The number of nitrogens with zero attached hydrogens (tertiary/aromatic N) is 3. The van der Waals surface area contributed by atoms with Gasteiger partial charge < -0.3 is 25.8 Å². The lowest BCUT2D eigenvalue weighted by Crippen LogP contribution is -2.57. The quantitative estimate of drug-likeness (QED) is 0.708. The summed E-state index contributed by atoms with van der Waals surface area (Å²) < 4.78 is 15.3. The van der Waals surface area contributed by atoms with Crippen LogP contribution in [-0.4, -0.2) is 39.5 Å². The Bertz CT molecular complexity index is 894. The third-order valence-electron chi connectivity index (χ3n) is 4.69. The molecule has 1 amide bonds. The molecule has 0 unspecified atom stereocenters. The Labute approximate surface area is 151 Å². The van der Waals surface area contributed by atoms with Gasteiger partial charge in [-0.15, -0.1) is 0 Å². The molecule has 2 aromatic heterocycles. The maximum atomic E-state index is 13.3. The van der Waals surface area contributed by atoms with E-state index in [0.717, 1.165) is 16.9 Å². The highest BCUT2D eigenvalue weighted by atomic mass is 19.1. The molecule has 0 spiro atoms. The summed E-state index contributed by atoms with van der Waals surface area (Å²) in [5.74, 6) is -1.27. The number of nitrogens with two attached hydrogens (primary N) is 1. The number of likely N-dealkylation sites (tertiary alicyclic amines) is 1. The number of fused-ring (bicyclic) bond motifs is 1. The Morgan fingerprint density at radius 1 is 1.46 bits per heavy atom. The Morgan fingerprint density at radius 3 is 2.81 bits per heavy atom. The Kier molecular flexibility index (Phi) is 4.43. The first-order valence-corrected chi connectivity index (χ1v) is 8.40.